The summed E-state index contributed by atoms with van der Waals surface area (Å²) < 4.78 is 0. The summed E-state index contributed by atoms with van der Waals surface area (Å²) in [5.41, 5.74) is 2.21. The van der Waals surface area contributed by atoms with Crippen molar-refractivity contribution in [3.8, 4) is 0 Å². The molecule has 1 aliphatic rings. The van der Waals surface area contributed by atoms with Crippen LogP contribution in [0, 0.1) is 0 Å². The van der Waals surface area contributed by atoms with Crippen molar-refractivity contribution >= 4 is 11.7 Å². The molecule has 0 aromatic heterocycles. The maximum atomic E-state index is 12.2. The number of nitrogens with one attached hydrogen (secondary N) is 2. The quantitative estimate of drug-likeness (QED) is 0.727. The number of nitrogens with zero attached hydrogens (tertiary/aromatic N) is 1. The number of amides is 2. The highest BCUT2D eigenvalue weighted by Gasteiger charge is 2.21. The lowest BCUT2D eigenvalue weighted by molar-refractivity contribution is 0.163. The van der Waals surface area contributed by atoms with Crippen LogP contribution < -0.4 is 10.6 Å². The Bertz CT molecular complexity index is 490. The highest BCUT2D eigenvalue weighted by Crippen LogP contribution is 2.14. The summed E-state index contributed by atoms with van der Waals surface area (Å²) >= 11 is 0. The van der Waals surface area contributed by atoms with Gasteiger partial charge in [-0.15, -0.1) is 0 Å². The minimum Gasteiger partial charge on any atom is -0.335 e. The Labute approximate surface area is 147 Å². The van der Waals surface area contributed by atoms with E-state index in [1.165, 1.54) is 24.8 Å². The lowest BCUT2D eigenvalue weighted by atomic mass is 10.0. The Morgan fingerprint density at radius 1 is 1.17 bits per heavy atom. The summed E-state index contributed by atoms with van der Waals surface area (Å²) in [5.74, 6) is 0. The average molecular weight is 332 g/mol. The van der Waals surface area contributed by atoms with Crippen LogP contribution in [0.15, 0.2) is 24.3 Å². The number of carbonyl (C=O) groups is 1. The van der Waals surface area contributed by atoms with Crippen LogP contribution in [0.1, 0.15) is 58.4 Å². The number of hydrogen-bond acceptors (Lipinski definition) is 2. The van der Waals surface area contributed by atoms with Crippen LogP contribution >= 0.6 is 0 Å². The molecular formula is C20H33N3O. The van der Waals surface area contributed by atoms with Gasteiger partial charge in [0.2, 0.25) is 0 Å². The van der Waals surface area contributed by atoms with Crippen LogP contribution in [-0.4, -0.2) is 36.1 Å². The zero-order valence-electron chi connectivity index (χ0n) is 15.5. The van der Waals surface area contributed by atoms with Crippen LogP contribution in [-0.2, 0) is 6.42 Å². The number of likely N-dealkylation sites (tertiary alicyclic amines) is 1. The molecule has 0 spiro atoms. The molecule has 0 atom stereocenters. The fourth-order valence-corrected chi connectivity index (χ4v) is 3.25. The van der Waals surface area contributed by atoms with Crippen LogP contribution in [0.25, 0.3) is 0 Å². The predicted octanol–water partition coefficient (Wildman–Crippen LogP) is 4.41. The zero-order valence-corrected chi connectivity index (χ0v) is 15.5. The number of rotatable bonds is 7. The van der Waals surface area contributed by atoms with Gasteiger partial charge in [-0.2, -0.15) is 0 Å². The lowest BCUT2D eigenvalue weighted by Gasteiger charge is -2.34. The molecule has 4 heteroatoms. The van der Waals surface area contributed by atoms with Crippen LogP contribution in [0.2, 0.25) is 0 Å². The second kappa shape index (κ2) is 9.67. The van der Waals surface area contributed by atoms with E-state index in [0.717, 1.165) is 38.0 Å². The molecule has 0 bridgehead atoms. The highest BCUT2D eigenvalue weighted by atomic mass is 16.2. The molecule has 0 radical (unpaired) electrons. The van der Waals surface area contributed by atoms with Crippen molar-refractivity contribution in [3.63, 3.8) is 0 Å². The average Bonchev–Trinajstić information content (AvgIpc) is 2.57. The smallest absolute Gasteiger partial charge is 0.319 e. The van der Waals surface area contributed by atoms with Crippen molar-refractivity contribution in [2.75, 3.05) is 18.4 Å². The lowest BCUT2D eigenvalue weighted by Crippen LogP contribution is -2.47. The first-order valence-electron chi connectivity index (χ1n) is 9.49. The number of aryl methyl sites for hydroxylation is 1. The van der Waals surface area contributed by atoms with Gasteiger partial charge in [0.15, 0.2) is 0 Å². The van der Waals surface area contributed by atoms with E-state index in [-0.39, 0.29) is 12.1 Å². The normalized spacial score (nSPS) is 16.3. The van der Waals surface area contributed by atoms with Gasteiger partial charge >= 0.3 is 6.03 Å². The maximum absolute atomic E-state index is 12.2. The van der Waals surface area contributed by atoms with Crippen molar-refractivity contribution in [1.82, 2.24) is 10.2 Å². The van der Waals surface area contributed by atoms with Gasteiger partial charge in [0, 0.05) is 30.9 Å². The van der Waals surface area contributed by atoms with E-state index < -0.39 is 0 Å². The second-order valence-electron chi connectivity index (χ2n) is 7.16. The summed E-state index contributed by atoms with van der Waals surface area (Å²) in [6.45, 7) is 8.81. The third-order valence-corrected chi connectivity index (χ3v) is 4.88. The Balaban J connectivity index is 1.72. The number of hydrogen-bond donors (Lipinski definition) is 2. The van der Waals surface area contributed by atoms with Gasteiger partial charge in [0.05, 0.1) is 0 Å². The number of piperidine rings is 1. The summed E-state index contributed by atoms with van der Waals surface area (Å²) in [4.78, 5) is 14.6. The van der Waals surface area contributed by atoms with Gasteiger partial charge in [-0.1, -0.05) is 31.9 Å². The summed E-state index contributed by atoms with van der Waals surface area (Å²) in [7, 11) is 0. The number of anilines is 1. The molecule has 1 heterocycles. The second-order valence-corrected chi connectivity index (χ2v) is 7.16. The van der Waals surface area contributed by atoms with Gasteiger partial charge in [-0.3, -0.25) is 0 Å². The van der Waals surface area contributed by atoms with Crippen molar-refractivity contribution < 1.29 is 4.79 Å². The SMILES string of the molecule is CCCCCc1ccc(NC(=O)NC2CCN(C(C)C)CC2)cc1. The molecule has 0 unspecified atom stereocenters. The first-order valence-corrected chi connectivity index (χ1v) is 9.49. The van der Waals surface area contributed by atoms with E-state index in [1.54, 1.807) is 0 Å². The molecule has 1 aromatic carbocycles. The monoisotopic (exact) mass is 331 g/mol. The molecule has 1 aromatic rings. The molecular weight excluding hydrogens is 298 g/mol. The molecule has 0 saturated carbocycles. The van der Waals surface area contributed by atoms with Crippen molar-refractivity contribution in [1.29, 1.82) is 0 Å². The molecule has 1 saturated heterocycles. The number of carbonyl (C=O) groups excluding carboxylic acids is 1. The first-order chi connectivity index (χ1) is 11.6. The molecule has 4 nitrogen and oxygen atoms in total. The van der Waals surface area contributed by atoms with Crippen molar-refractivity contribution in [2.45, 2.75) is 71.4 Å². The van der Waals surface area contributed by atoms with E-state index in [2.05, 4.69) is 48.4 Å². The van der Waals surface area contributed by atoms with E-state index in [4.69, 9.17) is 0 Å². The Kier molecular flexibility index (Phi) is 7.57. The van der Waals surface area contributed by atoms with Crippen molar-refractivity contribution in [2.24, 2.45) is 0 Å². The number of unbranched alkanes of at least 4 members (excludes halogenated alkanes) is 2. The van der Waals surface area contributed by atoms with Crippen LogP contribution in [0.3, 0.4) is 0 Å². The third-order valence-electron chi connectivity index (χ3n) is 4.88. The fourth-order valence-electron chi connectivity index (χ4n) is 3.25. The van der Waals surface area contributed by atoms with E-state index in [1.807, 2.05) is 12.1 Å². The topological polar surface area (TPSA) is 44.4 Å². The number of benzene rings is 1. The molecule has 1 aliphatic heterocycles. The maximum Gasteiger partial charge on any atom is 0.319 e. The summed E-state index contributed by atoms with van der Waals surface area (Å²) in [6, 6.07) is 9.03. The minimum atomic E-state index is -0.0864. The van der Waals surface area contributed by atoms with Gasteiger partial charge < -0.3 is 15.5 Å². The molecule has 2 amide bonds. The Morgan fingerprint density at radius 3 is 2.42 bits per heavy atom. The molecule has 2 N–H and O–H groups in total. The standard InChI is InChI=1S/C20H33N3O/c1-4-5-6-7-17-8-10-18(11-9-17)21-20(24)22-19-12-14-23(15-13-19)16(2)3/h8-11,16,19H,4-7,12-15H2,1-3H3,(H2,21,22,24). The van der Waals surface area contributed by atoms with E-state index >= 15 is 0 Å². The molecule has 1 fully saturated rings. The summed E-state index contributed by atoms with van der Waals surface area (Å²) in [6.07, 6.45) is 6.94. The third kappa shape index (κ3) is 6.16. The van der Waals surface area contributed by atoms with Gasteiger partial charge in [-0.05, 0) is 57.2 Å². The van der Waals surface area contributed by atoms with E-state index in [9.17, 15) is 4.79 Å². The molecule has 134 valence electrons. The molecule has 0 aliphatic carbocycles. The minimum absolute atomic E-state index is 0.0864. The zero-order chi connectivity index (χ0) is 17.4. The Morgan fingerprint density at radius 2 is 1.83 bits per heavy atom. The van der Waals surface area contributed by atoms with Crippen LogP contribution in [0.5, 0.6) is 0 Å². The van der Waals surface area contributed by atoms with Crippen LogP contribution in [0.4, 0.5) is 10.5 Å². The van der Waals surface area contributed by atoms with Crippen molar-refractivity contribution in [3.05, 3.63) is 29.8 Å². The first kappa shape index (κ1) is 18.8. The van der Waals surface area contributed by atoms with Gasteiger partial charge in [-0.25, -0.2) is 4.79 Å². The molecule has 24 heavy (non-hydrogen) atoms. The summed E-state index contributed by atoms with van der Waals surface area (Å²) in [5, 5.41) is 6.06. The number of urea groups is 1. The van der Waals surface area contributed by atoms with Gasteiger partial charge in [0.25, 0.3) is 0 Å². The largest absolute Gasteiger partial charge is 0.335 e. The van der Waals surface area contributed by atoms with E-state index in [0.29, 0.717) is 6.04 Å². The highest BCUT2D eigenvalue weighted by molar-refractivity contribution is 5.89. The Hall–Kier alpha value is -1.55. The van der Waals surface area contributed by atoms with Gasteiger partial charge in [0.1, 0.15) is 0 Å². The molecule has 2 rings (SSSR count). The fraction of sp³-hybridized carbons (Fsp3) is 0.650. The predicted molar refractivity (Wildman–Crippen MR) is 102 cm³/mol.